The van der Waals surface area contributed by atoms with Gasteiger partial charge in [-0.2, -0.15) is 5.10 Å². The van der Waals surface area contributed by atoms with Crippen molar-refractivity contribution in [2.75, 3.05) is 45.9 Å². The van der Waals surface area contributed by atoms with Crippen LogP contribution in [-0.4, -0.2) is 76.7 Å². The molecule has 0 aliphatic carbocycles. The second-order valence-electron chi connectivity index (χ2n) is 8.98. The molecule has 0 radical (unpaired) electrons. The van der Waals surface area contributed by atoms with E-state index in [2.05, 4.69) is 16.7 Å². The maximum Gasteiger partial charge on any atom is 0.227 e. The molecule has 1 unspecified atom stereocenters. The lowest BCUT2D eigenvalue weighted by Gasteiger charge is -2.31. The Morgan fingerprint density at radius 3 is 2.63 bits per heavy atom. The molecule has 2 aromatic carbocycles. The number of β-amino-alcohol motifs (C(OH)–C–C–N with tert-alkyl or cyclic N) is 1. The Morgan fingerprint density at radius 2 is 1.91 bits per heavy atom. The summed E-state index contributed by atoms with van der Waals surface area (Å²) in [6.07, 6.45) is 0.479. The zero-order valence-electron chi connectivity index (χ0n) is 20.6. The Labute approximate surface area is 206 Å². The van der Waals surface area contributed by atoms with E-state index < -0.39 is 6.10 Å². The van der Waals surface area contributed by atoms with Gasteiger partial charge in [-0.3, -0.25) is 9.80 Å². The predicted molar refractivity (Wildman–Crippen MR) is 134 cm³/mol. The molecule has 1 fully saturated rings. The fourth-order valence-electron chi connectivity index (χ4n) is 4.42. The second-order valence-corrected chi connectivity index (χ2v) is 8.98. The van der Waals surface area contributed by atoms with E-state index >= 15 is 0 Å². The summed E-state index contributed by atoms with van der Waals surface area (Å²) < 4.78 is 27.3. The maximum absolute atomic E-state index is 13.9. The molecule has 0 spiro atoms. The van der Waals surface area contributed by atoms with Crippen molar-refractivity contribution >= 4 is 0 Å². The molecule has 0 bridgehead atoms. The standard InChI is InChI=1S/C27H35FN4O3/c1-3-12-31(19-24(33)18-30-13-15-34-16-14-30)20-26-21(2)29-32(23-9-5-4-6-10-23)27(26)35-25-11-7-8-22(28)17-25/h4-11,17,24,33H,3,12-16,18-20H2,1-2H3. The maximum atomic E-state index is 13.9. The molecular formula is C27H35FN4O3. The number of ether oxygens (including phenoxy) is 2. The first-order valence-electron chi connectivity index (χ1n) is 12.3. The largest absolute Gasteiger partial charge is 0.438 e. The van der Waals surface area contributed by atoms with Crippen LogP contribution in [0.5, 0.6) is 11.6 Å². The summed E-state index contributed by atoms with van der Waals surface area (Å²) in [6.45, 7) is 9.77. The van der Waals surface area contributed by atoms with Gasteiger partial charge in [0, 0.05) is 38.8 Å². The minimum absolute atomic E-state index is 0.356. The second kappa shape index (κ2) is 12.3. The van der Waals surface area contributed by atoms with E-state index in [-0.39, 0.29) is 5.82 Å². The number of hydrogen-bond acceptors (Lipinski definition) is 6. The number of nitrogens with zero attached hydrogens (tertiary/aromatic N) is 4. The number of halogens is 1. The molecule has 3 aromatic rings. The van der Waals surface area contributed by atoms with Crippen molar-refractivity contribution in [3.63, 3.8) is 0 Å². The van der Waals surface area contributed by atoms with E-state index in [1.165, 1.54) is 12.1 Å². The highest BCUT2D eigenvalue weighted by Gasteiger charge is 2.23. The summed E-state index contributed by atoms with van der Waals surface area (Å²) in [4.78, 5) is 4.48. The molecule has 4 rings (SSSR count). The van der Waals surface area contributed by atoms with E-state index in [4.69, 9.17) is 14.6 Å². The highest BCUT2D eigenvalue weighted by molar-refractivity contribution is 5.43. The Bertz CT molecular complexity index is 1070. The average molecular weight is 483 g/mol. The Morgan fingerprint density at radius 1 is 1.14 bits per heavy atom. The summed E-state index contributed by atoms with van der Waals surface area (Å²) in [6, 6.07) is 15.9. The molecule has 7 nitrogen and oxygen atoms in total. The van der Waals surface area contributed by atoms with Gasteiger partial charge < -0.3 is 14.6 Å². The number of rotatable bonds is 11. The topological polar surface area (TPSA) is 63.0 Å². The van der Waals surface area contributed by atoms with E-state index in [1.54, 1.807) is 16.8 Å². The third kappa shape index (κ3) is 6.89. The molecule has 1 aliphatic rings. The molecule has 8 heteroatoms. The van der Waals surface area contributed by atoms with Crippen LogP contribution in [0.3, 0.4) is 0 Å². The number of hydrogen-bond donors (Lipinski definition) is 1. The minimum atomic E-state index is -0.475. The quantitative estimate of drug-likeness (QED) is 0.446. The molecule has 35 heavy (non-hydrogen) atoms. The van der Waals surface area contributed by atoms with Gasteiger partial charge in [0.1, 0.15) is 11.6 Å². The Hall–Kier alpha value is -2.78. The van der Waals surface area contributed by atoms with Gasteiger partial charge >= 0.3 is 0 Å². The monoisotopic (exact) mass is 482 g/mol. The lowest BCUT2D eigenvalue weighted by atomic mass is 10.2. The molecule has 1 N–H and O–H groups in total. The van der Waals surface area contributed by atoms with E-state index in [0.717, 1.165) is 43.0 Å². The molecule has 1 aromatic heterocycles. The molecule has 1 atom stereocenters. The average Bonchev–Trinajstić information content (AvgIpc) is 3.15. The van der Waals surface area contributed by atoms with Crippen LogP contribution in [0.25, 0.3) is 5.69 Å². The molecule has 188 valence electrons. The van der Waals surface area contributed by atoms with Crippen LogP contribution in [0, 0.1) is 12.7 Å². The number of aryl methyl sites for hydroxylation is 1. The highest BCUT2D eigenvalue weighted by atomic mass is 19.1. The minimum Gasteiger partial charge on any atom is -0.438 e. The molecular weight excluding hydrogens is 447 g/mol. The SMILES string of the molecule is CCCN(Cc1c(C)nn(-c2ccccc2)c1Oc1cccc(F)c1)CC(O)CN1CCOCC1. The molecule has 0 saturated carbocycles. The zero-order chi connectivity index (χ0) is 24.6. The first-order chi connectivity index (χ1) is 17.0. The summed E-state index contributed by atoms with van der Waals surface area (Å²) in [5.41, 5.74) is 2.62. The lowest BCUT2D eigenvalue weighted by Crippen LogP contribution is -2.44. The fraction of sp³-hybridized carbons (Fsp3) is 0.444. The molecule has 0 amide bonds. The third-order valence-corrected chi connectivity index (χ3v) is 6.11. The van der Waals surface area contributed by atoms with Crippen LogP contribution in [0.4, 0.5) is 4.39 Å². The lowest BCUT2D eigenvalue weighted by molar-refractivity contribution is 0.00622. The van der Waals surface area contributed by atoms with Gasteiger partial charge in [0.2, 0.25) is 5.88 Å². The first-order valence-corrected chi connectivity index (χ1v) is 12.3. The van der Waals surface area contributed by atoms with Crippen molar-refractivity contribution in [1.29, 1.82) is 0 Å². The van der Waals surface area contributed by atoms with Crippen molar-refractivity contribution in [1.82, 2.24) is 19.6 Å². The zero-order valence-corrected chi connectivity index (χ0v) is 20.6. The van der Waals surface area contributed by atoms with Crippen LogP contribution in [0.1, 0.15) is 24.6 Å². The van der Waals surface area contributed by atoms with Crippen LogP contribution < -0.4 is 4.74 Å². The van der Waals surface area contributed by atoms with Crippen LogP contribution in [0.15, 0.2) is 54.6 Å². The van der Waals surface area contributed by atoms with Crippen molar-refractivity contribution < 1.29 is 19.0 Å². The molecule has 1 aliphatic heterocycles. The van der Waals surface area contributed by atoms with Crippen molar-refractivity contribution in [2.24, 2.45) is 0 Å². The highest BCUT2D eigenvalue weighted by Crippen LogP contribution is 2.32. The number of aromatic nitrogens is 2. The number of benzene rings is 2. The summed E-state index contributed by atoms with van der Waals surface area (Å²) in [7, 11) is 0. The van der Waals surface area contributed by atoms with Crippen LogP contribution in [0.2, 0.25) is 0 Å². The molecule has 1 saturated heterocycles. The van der Waals surface area contributed by atoms with Crippen molar-refractivity contribution in [2.45, 2.75) is 32.9 Å². The van der Waals surface area contributed by atoms with E-state index in [0.29, 0.717) is 44.5 Å². The van der Waals surface area contributed by atoms with Crippen LogP contribution >= 0.6 is 0 Å². The number of morpholine rings is 1. The van der Waals surface area contributed by atoms with Gasteiger partial charge in [-0.25, -0.2) is 9.07 Å². The normalized spacial score (nSPS) is 15.5. The summed E-state index contributed by atoms with van der Waals surface area (Å²) in [5.74, 6) is 0.617. The van der Waals surface area contributed by atoms with Gasteiger partial charge in [-0.15, -0.1) is 0 Å². The Kier molecular flexibility index (Phi) is 8.87. The number of aliphatic hydroxyl groups is 1. The third-order valence-electron chi connectivity index (χ3n) is 6.11. The first kappa shape index (κ1) is 25.3. The summed E-state index contributed by atoms with van der Waals surface area (Å²) >= 11 is 0. The summed E-state index contributed by atoms with van der Waals surface area (Å²) in [5, 5.41) is 15.6. The molecule has 2 heterocycles. The van der Waals surface area contributed by atoms with Gasteiger partial charge in [-0.1, -0.05) is 31.2 Å². The number of para-hydroxylation sites is 1. The smallest absolute Gasteiger partial charge is 0.227 e. The van der Waals surface area contributed by atoms with Gasteiger partial charge in [-0.05, 0) is 44.2 Å². The van der Waals surface area contributed by atoms with Crippen molar-refractivity contribution in [3.8, 4) is 17.3 Å². The fourth-order valence-corrected chi connectivity index (χ4v) is 4.42. The van der Waals surface area contributed by atoms with E-state index in [9.17, 15) is 9.50 Å². The van der Waals surface area contributed by atoms with Crippen molar-refractivity contribution in [3.05, 3.63) is 71.7 Å². The predicted octanol–water partition coefficient (Wildman–Crippen LogP) is 4.02. The Balaban J connectivity index is 1.59. The number of aliphatic hydroxyl groups excluding tert-OH is 1. The van der Waals surface area contributed by atoms with Gasteiger partial charge in [0.15, 0.2) is 0 Å². The van der Waals surface area contributed by atoms with Crippen LogP contribution in [-0.2, 0) is 11.3 Å². The van der Waals surface area contributed by atoms with Gasteiger partial charge in [0.05, 0.1) is 36.3 Å². The van der Waals surface area contributed by atoms with E-state index in [1.807, 2.05) is 37.3 Å². The van der Waals surface area contributed by atoms with Gasteiger partial charge in [0.25, 0.3) is 0 Å².